The van der Waals surface area contributed by atoms with Gasteiger partial charge in [-0.15, -0.1) is 0 Å². The zero-order valence-corrected chi connectivity index (χ0v) is 24.3. The Labute approximate surface area is 242 Å². The number of hydrogen-bond donors (Lipinski definition) is 3. The molecular formula is C31H43FN4O5. The van der Waals surface area contributed by atoms with Crippen molar-refractivity contribution in [2.75, 3.05) is 33.2 Å². The van der Waals surface area contributed by atoms with Crippen molar-refractivity contribution in [1.82, 2.24) is 20.9 Å². The molecule has 0 bridgehead atoms. The summed E-state index contributed by atoms with van der Waals surface area (Å²) in [5, 5.41) is 8.66. The van der Waals surface area contributed by atoms with Crippen LogP contribution in [0, 0.1) is 11.7 Å². The molecule has 1 aromatic rings. The molecule has 9 nitrogen and oxygen atoms in total. The van der Waals surface area contributed by atoms with E-state index < -0.39 is 6.04 Å². The zero-order chi connectivity index (χ0) is 30.2. The minimum atomic E-state index is -0.446. The molecule has 1 saturated carbocycles. The maximum atomic E-state index is 13.2. The molecule has 10 heteroatoms. The van der Waals surface area contributed by atoms with Crippen molar-refractivity contribution in [2.45, 2.75) is 58.1 Å². The topological polar surface area (TPSA) is 117 Å². The third kappa shape index (κ3) is 12.1. The van der Waals surface area contributed by atoms with Crippen LogP contribution in [-0.4, -0.2) is 74.3 Å². The number of rotatable bonds is 20. The first-order chi connectivity index (χ1) is 19.7. The summed E-state index contributed by atoms with van der Waals surface area (Å²) >= 11 is 0. The average Bonchev–Trinajstić information content (AvgIpc) is 3.78. The third-order valence-electron chi connectivity index (χ3n) is 6.62. The number of allylic oxidation sites excluding steroid dienone is 4. The molecule has 0 aromatic heterocycles. The first-order valence-electron chi connectivity index (χ1n) is 14.1. The Bertz CT molecular complexity index is 1100. The van der Waals surface area contributed by atoms with Crippen LogP contribution < -0.4 is 16.0 Å². The van der Waals surface area contributed by atoms with E-state index in [0.29, 0.717) is 50.2 Å². The van der Waals surface area contributed by atoms with Crippen LogP contribution >= 0.6 is 0 Å². The molecule has 1 aliphatic carbocycles. The Morgan fingerprint density at radius 1 is 1.20 bits per heavy atom. The number of nitrogens with one attached hydrogen (secondary N) is 3. The van der Waals surface area contributed by atoms with Gasteiger partial charge in [0.25, 0.3) is 0 Å². The Balaban J connectivity index is 1.89. The van der Waals surface area contributed by atoms with E-state index in [1.807, 2.05) is 13.8 Å². The number of carbonyl (C=O) groups excluding carboxylic acids is 4. The first kappa shape index (κ1) is 33.4. The molecule has 0 radical (unpaired) electrons. The summed E-state index contributed by atoms with van der Waals surface area (Å²) in [5.74, 6) is -0.282. The molecule has 41 heavy (non-hydrogen) atoms. The molecule has 1 aliphatic rings. The van der Waals surface area contributed by atoms with Gasteiger partial charge < -0.3 is 25.6 Å². The predicted octanol–water partition coefficient (Wildman–Crippen LogP) is 2.83. The number of carbonyl (C=O) groups is 4. The molecule has 0 aliphatic heterocycles. The highest BCUT2D eigenvalue weighted by Crippen LogP contribution is 2.33. The van der Waals surface area contributed by atoms with Crippen LogP contribution in [0.15, 0.2) is 60.4 Å². The van der Waals surface area contributed by atoms with E-state index in [4.69, 9.17) is 4.74 Å². The highest BCUT2D eigenvalue weighted by atomic mass is 19.1. The minimum absolute atomic E-state index is 0.0689. The van der Waals surface area contributed by atoms with Gasteiger partial charge in [-0.05, 0) is 69.2 Å². The largest absolute Gasteiger partial charge is 0.489 e. The lowest BCUT2D eigenvalue weighted by Crippen LogP contribution is -2.50. The van der Waals surface area contributed by atoms with Crippen LogP contribution in [-0.2, 0) is 30.3 Å². The number of likely N-dealkylation sites (N-methyl/N-ethyl adjacent to an activating group) is 1. The molecule has 0 heterocycles. The van der Waals surface area contributed by atoms with Gasteiger partial charge in [-0.1, -0.05) is 30.9 Å². The molecule has 3 amide bonds. The van der Waals surface area contributed by atoms with Crippen LogP contribution in [0.5, 0.6) is 0 Å². The lowest BCUT2D eigenvalue weighted by Gasteiger charge is -2.26. The van der Waals surface area contributed by atoms with Crippen LogP contribution in [0.4, 0.5) is 4.39 Å². The first-order valence-corrected chi connectivity index (χ1v) is 14.1. The molecule has 3 N–H and O–H groups in total. The normalized spacial score (nSPS) is 14.9. The smallest absolute Gasteiger partial charge is 0.240 e. The van der Waals surface area contributed by atoms with Gasteiger partial charge >= 0.3 is 0 Å². The lowest BCUT2D eigenvalue weighted by molar-refractivity contribution is -0.136. The minimum Gasteiger partial charge on any atom is -0.489 e. The highest BCUT2D eigenvalue weighted by Gasteiger charge is 2.37. The van der Waals surface area contributed by atoms with E-state index in [0.717, 1.165) is 18.4 Å². The van der Waals surface area contributed by atoms with Crippen LogP contribution in [0.1, 0.15) is 45.1 Å². The third-order valence-corrected chi connectivity index (χ3v) is 6.62. The fourth-order valence-electron chi connectivity index (χ4n) is 4.26. The summed E-state index contributed by atoms with van der Waals surface area (Å²) in [7, 11) is 1.61. The van der Waals surface area contributed by atoms with E-state index in [2.05, 4.69) is 22.5 Å². The number of Topliss-reactive ketones (excluding diaryl/α,β-unsaturated/α-hetero) is 1. The van der Waals surface area contributed by atoms with E-state index in [1.54, 1.807) is 31.3 Å². The van der Waals surface area contributed by atoms with Gasteiger partial charge in [-0.3, -0.25) is 19.2 Å². The van der Waals surface area contributed by atoms with Gasteiger partial charge in [0.2, 0.25) is 18.2 Å². The number of benzene rings is 1. The van der Waals surface area contributed by atoms with Crippen molar-refractivity contribution in [2.24, 2.45) is 5.92 Å². The van der Waals surface area contributed by atoms with Crippen LogP contribution in [0.2, 0.25) is 0 Å². The van der Waals surface area contributed by atoms with Crippen molar-refractivity contribution in [3.8, 4) is 0 Å². The highest BCUT2D eigenvalue weighted by molar-refractivity contribution is 5.98. The second-order valence-corrected chi connectivity index (χ2v) is 10.2. The maximum absolute atomic E-state index is 13.2. The van der Waals surface area contributed by atoms with Gasteiger partial charge in [-0.25, -0.2) is 4.39 Å². The summed E-state index contributed by atoms with van der Waals surface area (Å²) in [6.45, 7) is 8.52. The monoisotopic (exact) mass is 570 g/mol. The standard InChI is InChI=1S/C31H43FN4O5/c1-5-8-28(26(6-2)27(38)9-7-17-33-21-37)41-22(3)19-35-30(24-12-13-24)31(40)36(4)20-29(39)34-18-16-23-10-14-25(32)15-11-23/h5-6,8,10-11,14-15,21-22,24,30,35H,2,7,9,12-13,16-20H2,1,3-4H3,(H,33,37)(H,34,39)/b8-5-,28-26-/t22-,30?/m1/s1. The number of halogens is 1. The van der Waals surface area contributed by atoms with E-state index in [9.17, 15) is 23.6 Å². The lowest BCUT2D eigenvalue weighted by atomic mass is 10.0. The molecule has 0 spiro atoms. The van der Waals surface area contributed by atoms with Crippen LogP contribution in [0.3, 0.4) is 0 Å². The van der Waals surface area contributed by atoms with Gasteiger partial charge in [0.15, 0.2) is 5.78 Å². The molecule has 2 atom stereocenters. The van der Waals surface area contributed by atoms with Crippen molar-refractivity contribution in [3.05, 3.63) is 71.8 Å². The molecule has 1 aromatic carbocycles. The SMILES string of the molecule is C=C/C(C(=O)CCCNC=O)=C(\C=C/C)O[C@H](C)CNC(C(=O)N(C)CC(=O)NCCc1ccc(F)cc1)C1CC1. The summed E-state index contributed by atoms with van der Waals surface area (Å²) in [6.07, 6.45) is 8.34. The Kier molecular flexibility index (Phi) is 14.5. The van der Waals surface area contributed by atoms with Gasteiger partial charge in [0.1, 0.15) is 17.7 Å². The number of ketones is 1. The fourth-order valence-corrected chi connectivity index (χ4v) is 4.26. The predicted molar refractivity (Wildman–Crippen MR) is 156 cm³/mol. The average molecular weight is 571 g/mol. The van der Waals surface area contributed by atoms with Crippen molar-refractivity contribution in [1.29, 1.82) is 0 Å². The van der Waals surface area contributed by atoms with Gasteiger partial charge in [0, 0.05) is 33.1 Å². The molecule has 2 rings (SSSR count). The summed E-state index contributed by atoms with van der Waals surface area (Å²) in [4.78, 5) is 50.2. The second kappa shape index (κ2) is 17.8. The second-order valence-electron chi connectivity index (χ2n) is 10.2. The maximum Gasteiger partial charge on any atom is 0.240 e. The summed E-state index contributed by atoms with van der Waals surface area (Å²) in [6, 6.07) is 5.67. The number of amides is 3. The van der Waals surface area contributed by atoms with E-state index in [-0.39, 0.29) is 48.4 Å². The van der Waals surface area contributed by atoms with Crippen molar-refractivity contribution >= 4 is 24.0 Å². The summed E-state index contributed by atoms with van der Waals surface area (Å²) < 4.78 is 19.1. The molecule has 0 saturated heterocycles. The number of ether oxygens (including phenoxy) is 1. The van der Waals surface area contributed by atoms with Crippen molar-refractivity contribution < 1.29 is 28.3 Å². The molecular weight excluding hydrogens is 527 g/mol. The summed E-state index contributed by atoms with van der Waals surface area (Å²) in [5.41, 5.74) is 1.27. The number of hydrogen-bond acceptors (Lipinski definition) is 6. The molecule has 224 valence electrons. The van der Waals surface area contributed by atoms with Crippen molar-refractivity contribution in [3.63, 3.8) is 0 Å². The molecule has 1 fully saturated rings. The zero-order valence-electron chi connectivity index (χ0n) is 24.3. The van der Waals surface area contributed by atoms with E-state index >= 15 is 0 Å². The van der Waals surface area contributed by atoms with Gasteiger partial charge in [-0.2, -0.15) is 0 Å². The Hall–Kier alpha value is -3.79. The van der Waals surface area contributed by atoms with Crippen LogP contribution in [0.25, 0.3) is 0 Å². The molecule has 1 unspecified atom stereocenters. The number of nitrogens with zero attached hydrogens (tertiary/aromatic N) is 1. The Morgan fingerprint density at radius 2 is 1.90 bits per heavy atom. The Morgan fingerprint density at radius 3 is 2.51 bits per heavy atom. The quantitative estimate of drug-likeness (QED) is 0.0730. The van der Waals surface area contributed by atoms with Gasteiger partial charge in [0.05, 0.1) is 18.2 Å². The van der Waals surface area contributed by atoms with E-state index in [1.165, 1.54) is 23.1 Å². The fraction of sp³-hybridized carbons (Fsp3) is 0.484.